The molecule has 0 unspecified atom stereocenters. The minimum Gasteiger partial charge on any atom is -0.494 e. The molecule has 2 saturated heterocycles. The van der Waals surface area contributed by atoms with Crippen LogP contribution in [-0.2, 0) is 19.2 Å². The average molecular weight is 455 g/mol. The number of ether oxygens (including phenoxy) is 2. The number of anilines is 2. The molecule has 7 nitrogen and oxygen atoms in total. The predicted octanol–water partition coefficient (Wildman–Crippen LogP) is 1.63. The Hall–Kier alpha value is -2.55. The summed E-state index contributed by atoms with van der Waals surface area (Å²) in [5, 5.41) is -0.325. The largest absolute Gasteiger partial charge is 0.494 e. The third-order valence-corrected chi connectivity index (χ3v) is 7.79. The van der Waals surface area contributed by atoms with Crippen LogP contribution in [0.4, 0.5) is 11.4 Å². The molecule has 1 spiro atoms. The first-order valence-electron chi connectivity index (χ1n) is 11.1. The van der Waals surface area contributed by atoms with Crippen LogP contribution in [0.2, 0.25) is 0 Å². The number of thioether (sulfide) groups is 1. The highest BCUT2D eigenvalue weighted by molar-refractivity contribution is 8.03. The normalized spacial score (nSPS) is 25.6. The Morgan fingerprint density at radius 1 is 1.12 bits per heavy atom. The molecule has 5 rings (SSSR count). The zero-order chi connectivity index (χ0) is 22.3. The maximum Gasteiger partial charge on any atom is 0.273 e. The van der Waals surface area contributed by atoms with Gasteiger partial charge in [-0.25, -0.2) is 0 Å². The van der Waals surface area contributed by atoms with Gasteiger partial charge in [-0.3, -0.25) is 19.4 Å². The number of fused-ring (bicyclic) bond motifs is 2. The predicted molar refractivity (Wildman–Crippen MR) is 124 cm³/mol. The number of para-hydroxylation sites is 1. The van der Waals surface area contributed by atoms with Crippen molar-refractivity contribution in [1.82, 2.24) is 0 Å². The molecular weight excluding hydrogens is 426 g/mol. The third-order valence-electron chi connectivity index (χ3n) is 6.31. The van der Waals surface area contributed by atoms with E-state index in [2.05, 4.69) is 0 Å². The van der Waals surface area contributed by atoms with Crippen LogP contribution in [0, 0.1) is 0 Å². The lowest BCUT2D eigenvalue weighted by atomic mass is 10.0. The summed E-state index contributed by atoms with van der Waals surface area (Å²) in [6.07, 6.45) is 0. The van der Waals surface area contributed by atoms with Crippen molar-refractivity contribution in [3.05, 3.63) is 54.1 Å². The number of carbonyl (C=O) groups excluding carboxylic acids is 2. The molecule has 3 heterocycles. The van der Waals surface area contributed by atoms with Crippen molar-refractivity contribution in [3.8, 4) is 5.75 Å². The van der Waals surface area contributed by atoms with Crippen LogP contribution in [0.3, 0.4) is 0 Å². The molecule has 0 aliphatic carbocycles. The number of nitrogens with one attached hydrogen (secondary N) is 1. The monoisotopic (exact) mass is 454 g/mol. The quantitative estimate of drug-likeness (QED) is 0.744. The van der Waals surface area contributed by atoms with E-state index in [-0.39, 0.29) is 17.1 Å². The first kappa shape index (κ1) is 21.3. The van der Waals surface area contributed by atoms with E-state index >= 15 is 0 Å². The second-order valence-corrected chi connectivity index (χ2v) is 9.81. The summed E-state index contributed by atoms with van der Waals surface area (Å²) in [5.74, 6) is 0.644. The molecule has 3 aliphatic heterocycles. The van der Waals surface area contributed by atoms with Crippen LogP contribution < -0.4 is 19.4 Å². The van der Waals surface area contributed by atoms with Crippen LogP contribution >= 0.6 is 11.8 Å². The summed E-state index contributed by atoms with van der Waals surface area (Å²) >= 11 is 1.44. The van der Waals surface area contributed by atoms with Crippen molar-refractivity contribution < 1.29 is 24.0 Å². The minimum absolute atomic E-state index is 0.0470. The van der Waals surface area contributed by atoms with E-state index in [1.54, 1.807) is 4.90 Å². The Morgan fingerprint density at radius 2 is 1.84 bits per heavy atom. The number of carbonyl (C=O) groups is 2. The van der Waals surface area contributed by atoms with Crippen LogP contribution in [0.5, 0.6) is 5.75 Å². The molecular formula is C24H28N3O4S+. The molecule has 2 atom stereocenters. The van der Waals surface area contributed by atoms with E-state index in [4.69, 9.17) is 9.47 Å². The molecule has 0 saturated carbocycles. The fourth-order valence-electron chi connectivity index (χ4n) is 4.79. The lowest BCUT2D eigenvalue weighted by molar-refractivity contribution is -0.906. The Labute approximate surface area is 192 Å². The van der Waals surface area contributed by atoms with Crippen molar-refractivity contribution >= 4 is 35.0 Å². The number of benzene rings is 2. The van der Waals surface area contributed by atoms with E-state index in [0.717, 1.165) is 30.1 Å². The molecule has 2 aromatic rings. The highest BCUT2D eigenvalue weighted by Gasteiger charge is 2.63. The van der Waals surface area contributed by atoms with Gasteiger partial charge in [0.1, 0.15) is 18.8 Å². The molecule has 32 heavy (non-hydrogen) atoms. The Balaban J connectivity index is 1.57. The summed E-state index contributed by atoms with van der Waals surface area (Å²) < 4.78 is 11.1. The van der Waals surface area contributed by atoms with Crippen molar-refractivity contribution in [2.24, 2.45) is 0 Å². The second-order valence-electron chi connectivity index (χ2n) is 8.28. The molecule has 2 aromatic carbocycles. The van der Waals surface area contributed by atoms with Gasteiger partial charge in [-0.15, -0.1) is 11.8 Å². The van der Waals surface area contributed by atoms with E-state index in [0.29, 0.717) is 32.2 Å². The standard InChI is InChI=1S/C24H27N3O4S/c1-3-31-19-10-8-18(9-11-19)27-22(28)17(2)32-24(27)20-6-4-5-7-21(20)26(23(24)29)16-25-12-14-30-15-13-25/h4-11,17H,3,12-16H2,1-2H3/p+1/t17-,24-/m0/s1. The van der Waals surface area contributed by atoms with E-state index in [1.807, 2.05) is 67.3 Å². The summed E-state index contributed by atoms with van der Waals surface area (Å²) in [6.45, 7) is 8.09. The van der Waals surface area contributed by atoms with Gasteiger partial charge < -0.3 is 14.4 Å². The molecule has 0 bridgehead atoms. The Bertz CT molecular complexity index is 1020. The lowest BCUT2D eigenvalue weighted by Gasteiger charge is -2.34. The van der Waals surface area contributed by atoms with E-state index in [1.165, 1.54) is 16.7 Å². The van der Waals surface area contributed by atoms with E-state index < -0.39 is 4.87 Å². The fourth-order valence-corrected chi connectivity index (χ4v) is 6.32. The van der Waals surface area contributed by atoms with Gasteiger partial charge in [-0.05, 0) is 44.2 Å². The first-order valence-corrected chi connectivity index (χ1v) is 12.0. The van der Waals surface area contributed by atoms with Crippen LogP contribution in [0.15, 0.2) is 48.5 Å². The first-order chi connectivity index (χ1) is 15.6. The van der Waals surface area contributed by atoms with Crippen LogP contribution in [0.25, 0.3) is 0 Å². The van der Waals surface area contributed by atoms with Crippen LogP contribution in [0.1, 0.15) is 19.4 Å². The van der Waals surface area contributed by atoms with Gasteiger partial charge in [0.15, 0.2) is 6.67 Å². The van der Waals surface area contributed by atoms with Gasteiger partial charge in [0, 0.05) is 11.3 Å². The topological polar surface area (TPSA) is 63.5 Å². The van der Waals surface area contributed by atoms with Gasteiger partial charge in [-0.1, -0.05) is 18.2 Å². The summed E-state index contributed by atoms with van der Waals surface area (Å²) in [5.41, 5.74) is 2.48. The second kappa shape index (κ2) is 8.42. The number of amides is 2. The van der Waals surface area contributed by atoms with Gasteiger partial charge in [-0.2, -0.15) is 0 Å². The van der Waals surface area contributed by atoms with Crippen molar-refractivity contribution in [1.29, 1.82) is 0 Å². The maximum absolute atomic E-state index is 14.1. The maximum atomic E-state index is 14.1. The lowest BCUT2D eigenvalue weighted by Crippen LogP contribution is -3.15. The zero-order valence-corrected chi connectivity index (χ0v) is 19.2. The summed E-state index contributed by atoms with van der Waals surface area (Å²) in [6, 6.07) is 15.3. The van der Waals surface area contributed by atoms with Gasteiger partial charge in [0.2, 0.25) is 10.8 Å². The van der Waals surface area contributed by atoms with Crippen molar-refractivity contribution in [3.63, 3.8) is 0 Å². The number of hydrogen-bond donors (Lipinski definition) is 1. The number of rotatable bonds is 5. The molecule has 0 radical (unpaired) electrons. The molecule has 0 aromatic heterocycles. The third kappa shape index (κ3) is 3.29. The minimum atomic E-state index is -1.09. The van der Waals surface area contributed by atoms with Gasteiger partial charge >= 0.3 is 0 Å². The summed E-state index contributed by atoms with van der Waals surface area (Å²) in [7, 11) is 0. The van der Waals surface area contributed by atoms with Crippen molar-refractivity contribution in [2.45, 2.75) is 24.0 Å². The highest BCUT2D eigenvalue weighted by atomic mass is 32.2. The Kier molecular flexibility index (Phi) is 5.61. The Morgan fingerprint density at radius 3 is 2.56 bits per heavy atom. The number of morpholine rings is 1. The van der Waals surface area contributed by atoms with Crippen LogP contribution in [-0.4, -0.2) is 56.6 Å². The fraction of sp³-hybridized carbons (Fsp3) is 0.417. The molecule has 8 heteroatoms. The molecule has 2 fully saturated rings. The zero-order valence-electron chi connectivity index (χ0n) is 18.4. The number of nitrogens with zero attached hydrogens (tertiary/aromatic N) is 2. The molecule has 1 N–H and O–H groups in total. The molecule has 2 amide bonds. The average Bonchev–Trinajstić information content (AvgIpc) is 3.21. The molecule has 3 aliphatic rings. The smallest absolute Gasteiger partial charge is 0.273 e. The van der Waals surface area contributed by atoms with Gasteiger partial charge in [0.25, 0.3) is 5.91 Å². The van der Waals surface area contributed by atoms with E-state index in [9.17, 15) is 9.59 Å². The number of quaternary nitrogens is 1. The summed E-state index contributed by atoms with van der Waals surface area (Å²) in [4.78, 5) is 31.4. The van der Waals surface area contributed by atoms with Gasteiger partial charge in [0.05, 0.1) is 30.8 Å². The molecule has 168 valence electrons. The van der Waals surface area contributed by atoms with Crippen molar-refractivity contribution in [2.75, 3.05) is 49.4 Å². The SMILES string of the molecule is CCOc1ccc(N2C(=O)[C@H](C)S[C@@]23C(=O)N(C[NH+]2CCOCC2)c2ccccc23)cc1. The number of hydrogen-bond acceptors (Lipinski definition) is 5. The highest BCUT2D eigenvalue weighted by Crippen LogP contribution is 2.57.